The van der Waals surface area contributed by atoms with Crippen LogP contribution in [0.1, 0.15) is 27.4 Å². The van der Waals surface area contributed by atoms with Crippen molar-refractivity contribution in [2.45, 2.75) is 18.9 Å². The molecule has 9 nitrogen and oxygen atoms in total. The van der Waals surface area contributed by atoms with Gasteiger partial charge in [-0.25, -0.2) is 9.78 Å². The minimum atomic E-state index is -1.19. The van der Waals surface area contributed by atoms with Gasteiger partial charge in [0.15, 0.2) is 0 Å². The Bertz CT molecular complexity index is 1360. The smallest absolute Gasteiger partial charge is 0.326 e. The number of nitrogens with one attached hydrogen (secondary N) is 3. The molecule has 33 heavy (non-hydrogen) atoms. The maximum atomic E-state index is 12.8. The van der Waals surface area contributed by atoms with Crippen molar-refractivity contribution in [3.8, 4) is 5.75 Å². The lowest BCUT2D eigenvalue weighted by Crippen LogP contribution is -2.43. The number of H-pyrrole nitrogens is 2. The predicted octanol–water partition coefficient (Wildman–Crippen LogP) is 2.28. The SMILES string of the molecule is COc1ccc(Cc2nc(C(=O)NC(Cc3c[nH]c4ccccc34)C(=O)O)cc(=O)[nH]2)cc1. The molecule has 1 unspecified atom stereocenters. The Balaban J connectivity index is 1.52. The van der Waals surface area contributed by atoms with E-state index >= 15 is 0 Å². The molecule has 0 aliphatic heterocycles. The van der Waals surface area contributed by atoms with Crippen molar-refractivity contribution in [2.75, 3.05) is 7.11 Å². The van der Waals surface area contributed by atoms with Crippen LogP contribution in [0.5, 0.6) is 5.75 Å². The van der Waals surface area contributed by atoms with Gasteiger partial charge in [-0.3, -0.25) is 9.59 Å². The summed E-state index contributed by atoms with van der Waals surface area (Å²) in [5.41, 5.74) is 1.86. The average Bonchev–Trinajstić information content (AvgIpc) is 3.21. The lowest BCUT2D eigenvalue weighted by molar-refractivity contribution is -0.139. The Morgan fingerprint density at radius 1 is 1.15 bits per heavy atom. The van der Waals surface area contributed by atoms with Gasteiger partial charge in [-0.15, -0.1) is 0 Å². The summed E-state index contributed by atoms with van der Waals surface area (Å²) in [5, 5.41) is 13.0. The summed E-state index contributed by atoms with van der Waals surface area (Å²) >= 11 is 0. The highest BCUT2D eigenvalue weighted by molar-refractivity contribution is 5.95. The summed E-state index contributed by atoms with van der Waals surface area (Å²) in [5.74, 6) is -0.925. The highest BCUT2D eigenvalue weighted by Gasteiger charge is 2.23. The fourth-order valence-electron chi connectivity index (χ4n) is 3.60. The van der Waals surface area contributed by atoms with E-state index in [9.17, 15) is 19.5 Å². The fraction of sp³-hybridized carbons (Fsp3) is 0.167. The second-order valence-corrected chi connectivity index (χ2v) is 7.53. The Kier molecular flexibility index (Phi) is 6.21. The zero-order valence-corrected chi connectivity index (χ0v) is 17.8. The number of aromatic nitrogens is 3. The molecule has 1 amide bonds. The minimum absolute atomic E-state index is 0.0764. The van der Waals surface area contributed by atoms with Crippen LogP contribution in [0, 0.1) is 0 Å². The van der Waals surface area contributed by atoms with E-state index in [1.54, 1.807) is 25.4 Å². The average molecular weight is 446 g/mol. The van der Waals surface area contributed by atoms with Crippen LogP contribution in [-0.4, -0.2) is 45.1 Å². The largest absolute Gasteiger partial charge is 0.497 e. The van der Waals surface area contributed by atoms with Crippen molar-refractivity contribution in [3.05, 3.63) is 93.8 Å². The van der Waals surface area contributed by atoms with Gasteiger partial charge < -0.3 is 25.1 Å². The molecule has 0 fully saturated rings. The lowest BCUT2D eigenvalue weighted by atomic mass is 10.0. The number of rotatable bonds is 8. The first-order valence-corrected chi connectivity index (χ1v) is 10.2. The van der Waals surface area contributed by atoms with E-state index in [1.165, 1.54) is 0 Å². The predicted molar refractivity (Wildman–Crippen MR) is 122 cm³/mol. The number of aromatic amines is 2. The quantitative estimate of drug-likeness (QED) is 0.328. The van der Waals surface area contributed by atoms with Gasteiger partial charge in [0, 0.05) is 36.0 Å². The van der Waals surface area contributed by atoms with Gasteiger partial charge in [-0.1, -0.05) is 30.3 Å². The fourth-order valence-corrected chi connectivity index (χ4v) is 3.60. The Hall–Kier alpha value is -4.40. The number of hydrogen-bond acceptors (Lipinski definition) is 5. The van der Waals surface area contributed by atoms with Gasteiger partial charge in [-0.2, -0.15) is 0 Å². The summed E-state index contributed by atoms with van der Waals surface area (Å²) in [6.07, 6.45) is 2.09. The van der Waals surface area contributed by atoms with E-state index < -0.39 is 23.5 Å². The normalized spacial score (nSPS) is 11.8. The summed E-state index contributed by atoms with van der Waals surface area (Å²) in [6.45, 7) is 0. The van der Waals surface area contributed by atoms with E-state index in [0.717, 1.165) is 28.1 Å². The van der Waals surface area contributed by atoms with Crippen LogP contribution in [0.3, 0.4) is 0 Å². The van der Waals surface area contributed by atoms with Crippen molar-refractivity contribution < 1.29 is 19.4 Å². The van der Waals surface area contributed by atoms with E-state index in [2.05, 4.69) is 20.3 Å². The monoisotopic (exact) mass is 446 g/mol. The topological polar surface area (TPSA) is 137 Å². The molecule has 2 aromatic heterocycles. The molecule has 4 rings (SSSR count). The lowest BCUT2D eigenvalue weighted by Gasteiger charge is -2.14. The van der Waals surface area contributed by atoms with E-state index in [0.29, 0.717) is 11.6 Å². The number of para-hydroxylation sites is 1. The number of carboxylic acids is 1. The molecule has 0 aliphatic carbocycles. The summed E-state index contributed by atoms with van der Waals surface area (Å²) in [6, 6.07) is 14.6. The van der Waals surface area contributed by atoms with E-state index in [4.69, 9.17) is 4.74 Å². The summed E-state index contributed by atoms with van der Waals surface area (Å²) < 4.78 is 5.13. The number of fused-ring (bicyclic) bond motifs is 1. The number of carbonyl (C=O) groups excluding carboxylic acids is 1. The van der Waals surface area contributed by atoms with Crippen LogP contribution in [0.4, 0.5) is 0 Å². The van der Waals surface area contributed by atoms with Crippen molar-refractivity contribution in [1.82, 2.24) is 20.3 Å². The molecule has 0 aliphatic rings. The maximum absolute atomic E-state index is 12.8. The third kappa shape index (κ3) is 5.09. The first-order chi connectivity index (χ1) is 15.9. The first-order valence-electron chi connectivity index (χ1n) is 10.2. The van der Waals surface area contributed by atoms with Crippen LogP contribution < -0.4 is 15.6 Å². The number of aliphatic carboxylic acids is 1. The highest BCUT2D eigenvalue weighted by atomic mass is 16.5. The number of carbonyl (C=O) groups is 2. The Labute approximate surface area is 188 Å². The van der Waals surface area contributed by atoms with E-state index in [1.807, 2.05) is 36.4 Å². The van der Waals surface area contributed by atoms with E-state index in [-0.39, 0.29) is 18.5 Å². The minimum Gasteiger partial charge on any atom is -0.497 e. The van der Waals surface area contributed by atoms with Gasteiger partial charge in [0.1, 0.15) is 23.3 Å². The molecule has 1 atom stereocenters. The third-order valence-corrected chi connectivity index (χ3v) is 5.26. The van der Waals surface area contributed by atoms with Crippen molar-refractivity contribution >= 4 is 22.8 Å². The van der Waals surface area contributed by atoms with Gasteiger partial charge >= 0.3 is 5.97 Å². The summed E-state index contributed by atoms with van der Waals surface area (Å²) in [7, 11) is 1.57. The van der Waals surface area contributed by atoms with Crippen LogP contribution >= 0.6 is 0 Å². The molecule has 168 valence electrons. The number of hydrogen-bond donors (Lipinski definition) is 4. The van der Waals surface area contributed by atoms with Gasteiger partial charge in [0.05, 0.1) is 7.11 Å². The van der Waals surface area contributed by atoms with Crippen LogP contribution in [0.15, 0.2) is 65.6 Å². The molecule has 0 bridgehead atoms. The molecule has 0 saturated carbocycles. The van der Waals surface area contributed by atoms with Crippen molar-refractivity contribution in [2.24, 2.45) is 0 Å². The molecular formula is C24H22N4O5. The molecule has 0 spiro atoms. The third-order valence-electron chi connectivity index (χ3n) is 5.26. The Morgan fingerprint density at radius 3 is 2.64 bits per heavy atom. The number of ether oxygens (including phenoxy) is 1. The molecule has 4 N–H and O–H groups in total. The number of amides is 1. The second-order valence-electron chi connectivity index (χ2n) is 7.53. The van der Waals surface area contributed by atoms with Crippen molar-refractivity contribution in [1.29, 1.82) is 0 Å². The maximum Gasteiger partial charge on any atom is 0.326 e. The second kappa shape index (κ2) is 9.39. The Morgan fingerprint density at radius 2 is 1.91 bits per heavy atom. The molecule has 0 saturated heterocycles. The molecule has 2 heterocycles. The first kappa shape index (κ1) is 21.8. The van der Waals surface area contributed by atoms with Gasteiger partial charge in [0.2, 0.25) is 0 Å². The van der Waals surface area contributed by atoms with Crippen LogP contribution in [-0.2, 0) is 17.6 Å². The standard InChI is InChI=1S/C24H22N4O5/c1-33-16-8-6-14(7-9-16)10-21-26-19(12-22(29)28-21)23(30)27-20(24(31)32)11-15-13-25-18-5-3-2-4-17(15)18/h2-9,12-13,20,25H,10-11H2,1H3,(H,27,30)(H,31,32)(H,26,28,29). The molecule has 9 heteroatoms. The van der Waals surface area contributed by atoms with Crippen molar-refractivity contribution in [3.63, 3.8) is 0 Å². The molecular weight excluding hydrogens is 424 g/mol. The number of benzene rings is 2. The van der Waals surface area contributed by atoms with Gasteiger partial charge in [0.25, 0.3) is 11.5 Å². The summed E-state index contributed by atoms with van der Waals surface area (Å²) in [4.78, 5) is 46.7. The molecule has 0 radical (unpaired) electrons. The highest BCUT2D eigenvalue weighted by Crippen LogP contribution is 2.19. The molecule has 4 aromatic rings. The number of nitrogens with zero attached hydrogens (tertiary/aromatic N) is 1. The zero-order chi connectivity index (χ0) is 23.4. The van der Waals surface area contributed by atoms with Crippen LogP contribution in [0.2, 0.25) is 0 Å². The number of methoxy groups -OCH3 is 1. The molecule has 2 aromatic carbocycles. The van der Waals surface area contributed by atoms with Crippen LogP contribution in [0.25, 0.3) is 10.9 Å². The number of carboxylic acid groups (broad SMARTS) is 1. The zero-order valence-electron chi connectivity index (χ0n) is 17.8. The van der Waals surface area contributed by atoms with Gasteiger partial charge in [-0.05, 0) is 29.3 Å².